The molecule has 0 aromatic heterocycles. The highest BCUT2D eigenvalue weighted by molar-refractivity contribution is 5.68. The van der Waals surface area contributed by atoms with Gasteiger partial charge in [0.05, 0.1) is 18.8 Å². The Morgan fingerprint density at radius 2 is 1.76 bits per heavy atom. The standard InChI is InChI=1S/C24H34F3N3O3/c1-22(2,3)33-21(31)30-9-7-23(17-30)6-8-28(16-23)15-18-4-5-19(14-20(18)24(25,26)27)29-10-12-32-13-11-29/h4-5,14H,6-13,15-17H2,1-3H3. The van der Waals surface area contributed by atoms with Crippen LogP contribution in [-0.2, 0) is 22.2 Å². The third-order valence-corrected chi connectivity index (χ3v) is 6.78. The molecule has 1 aromatic carbocycles. The maximum atomic E-state index is 13.9. The van der Waals surface area contributed by atoms with E-state index in [2.05, 4.69) is 4.90 Å². The van der Waals surface area contributed by atoms with Gasteiger partial charge in [0.25, 0.3) is 0 Å². The molecule has 0 radical (unpaired) electrons. The lowest BCUT2D eigenvalue weighted by atomic mass is 9.86. The van der Waals surface area contributed by atoms with Crippen molar-refractivity contribution in [3.05, 3.63) is 29.3 Å². The summed E-state index contributed by atoms with van der Waals surface area (Å²) in [7, 11) is 0. The summed E-state index contributed by atoms with van der Waals surface area (Å²) < 4.78 is 52.6. The number of carbonyl (C=O) groups excluding carboxylic acids is 1. The zero-order valence-corrected chi connectivity index (χ0v) is 19.7. The van der Waals surface area contributed by atoms with Crippen molar-refractivity contribution in [2.24, 2.45) is 5.41 Å². The van der Waals surface area contributed by atoms with Gasteiger partial charge in [0.15, 0.2) is 0 Å². The summed E-state index contributed by atoms with van der Waals surface area (Å²) >= 11 is 0. The van der Waals surface area contributed by atoms with Gasteiger partial charge in [-0.15, -0.1) is 0 Å². The first kappa shape index (κ1) is 24.1. The van der Waals surface area contributed by atoms with Crippen LogP contribution in [0.25, 0.3) is 0 Å². The highest BCUT2D eigenvalue weighted by Crippen LogP contribution is 2.42. The van der Waals surface area contributed by atoms with E-state index in [0.717, 1.165) is 19.4 Å². The number of hydrogen-bond acceptors (Lipinski definition) is 5. The molecule has 1 amide bonds. The predicted molar refractivity (Wildman–Crippen MR) is 119 cm³/mol. The van der Waals surface area contributed by atoms with Gasteiger partial charge in [0, 0.05) is 50.4 Å². The quantitative estimate of drug-likeness (QED) is 0.658. The molecule has 6 nitrogen and oxygen atoms in total. The minimum absolute atomic E-state index is 0.0664. The third kappa shape index (κ3) is 5.74. The van der Waals surface area contributed by atoms with Crippen LogP contribution in [0.5, 0.6) is 0 Å². The smallest absolute Gasteiger partial charge is 0.416 e. The van der Waals surface area contributed by atoms with Crippen LogP contribution in [0.15, 0.2) is 18.2 Å². The second kappa shape index (κ2) is 8.98. The Labute approximate surface area is 193 Å². The topological polar surface area (TPSA) is 45.2 Å². The molecule has 33 heavy (non-hydrogen) atoms. The number of carbonyl (C=O) groups is 1. The predicted octanol–water partition coefficient (Wildman–Crippen LogP) is 4.37. The molecule has 1 spiro atoms. The van der Waals surface area contributed by atoms with Gasteiger partial charge in [0.1, 0.15) is 5.60 Å². The average molecular weight is 470 g/mol. The number of hydrogen-bond donors (Lipinski definition) is 0. The largest absolute Gasteiger partial charge is 0.444 e. The Morgan fingerprint density at radius 3 is 2.42 bits per heavy atom. The van der Waals surface area contributed by atoms with Crippen molar-refractivity contribution >= 4 is 11.8 Å². The Morgan fingerprint density at radius 1 is 1.06 bits per heavy atom. The van der Waals surface area contributed by atoms with E-state index in [-0.39, 0.29) is 18.1 Å². The number of halogens is 3. The van der Waals surface area contributed by atoms with Crippen molar-refractivity contribution in [2.75, 3.05) is 57.4 Å². The average Bonchev–Trinajstić information content (AvgIpc) is 3.33. The molecule has 3 aliphatic rings. The van der Waals surface area contributed by atoms with Crippen molar-refractivity contribution in [3.63, 3.8) is 0 Å². The third-order valence-electron chi connectivity index (χ3n) is 6.78. The van der Waals surface area contributed by atoms with E-state index in [0.29, 0.717) is 57.2 Å². The molecule has 3 saturated heterocycles. The molecule has 1 aromatic rings. The molecule has 3 heterocycles. The number of ether oxygens (including phenoxy) is 2. The summed E-state index contributed by atoms with van der Waals surface area (Å²) in [5.74, 6) is 0. The van der Waals surface area contributed by atoms with Crippen LogP contribution in [0.3, 0.4) is 0 Å². The summed E-state index contributed by atoms with van der Waals surface area (Å²) in [5.41, 5.74) is -0.275. The van der Waals surface area contributed by atoms with Crippen molar-refractivity contribution in [3.8, 4) is 0 Å². The van der Waals surface area contributed by atoms with Gasteiger partial charge in [-0.2, -0.15) is 13.2 Å². The minimum Gasteiger partial charge on any atom is -0.444 e. The lowest BCUT2D eigenvalue weighted by Gasteiger charge is -2.30. The molecule has 3 aliphatic heterocycles. The number of nitrogens with zero attached hydrogens (tertiary/aromatic N) is 3. The van der Waals surface area contributed by atoms with E-state index in [1.807, 2.05) is 25.7 Å². The molecule has 0 N–H and O–H groups in total. The second-order valence-corrected chi connectivity index (χ2v) is 10.6. The van der Waals surface area contributed by atoms with Gasteiger partial charge >= 0.3 is 12.3 Å². The Balaban J connectivity index is 1.43. The molecule has 1 unspecified atom stereocenters. The van der Waals surface area contributed by atoms with E-state index in [1.165, 1.54) is 6.07 Å². The molecule has 4 rings (SSSR count). The normalized spacial score (nSPS) is 24.7. The first-order chi connectivity index (χ1) is 15.4. The van der Waals surface area contributed by atoms with Crippen LogP contribution in [0.1, 0.15) is 44.7 Å². The second-order valence-electron chi connectivity index (χ2n) is 10.6. The number of amides is 1. The molecule has 184 valence electrons. The molecule has 1 atom stereocenters. The van der Waals surface area contributed by atoms with Crippen LogP contribution in [-0.4, -0.2) is 74.0 Å². The van der Waals surface area contributed by atoms with Crippen molar-refractivity contribution in [2.45, 2.75) is 51.9 Å². The van der Waals surface area contributed by atoms with Crippen LogP contribution >= 0.6 is 0 Å². The molecule has 0 bridgehead atoms. The Kier molecular flexibility index (Phi) is 6.57. The van der Waals surface area contributed by atoms with E-state index < -0.39 is 17.3 Å². The van der Waals surface area contributed by atoms with E-state index in [4.69, 9.17) is 9.47 Å². The maximum absolute atomic E-state index is 13.9. The number of likely N-dealkylation sites (tertiary alicyclic amines) is 2. The van der Waals surface area contributed by atoms with E-state index in [9.17, 15) is 18.0 Å². The lowest BCUT2D eigenvalue weighted by molar-refractivity contribution is -0.138. The molecular weight excluding hydrogens is 435 g/mol. The van der Waals surface area contributed by atoms with Crippen molar-refractivity contribution in [1.82, 2.24) is 9.80 Å². The van der Waals surface area contributed by atoms with E-state index in [1.54, 1.807) is 17.0 Å². The fraction of sp³-hybridized carbons (Fsp3) is 0.708. The summed E-state index contributed by atoms with van der Waals surface area (Å²) in [6, 6.07) is 4.70. The summed E-state index contributed by atoms with van der Waals surface area (Å²) in [6.45, 7) is 10.7. The summed E-state index contributed by atoms with van der Waals surface area (Å²) in [6.07, 6.45) is -2.99. The molecular formula is C24H34F3N3O3. The molecule has 9 heteroatoms. The first-order valence-electron chi connectivity index (χ1n) is 11.7. The number of benzene rings is 1. The number of morpholine rings is 1. The minimum atomic E-state index is -4.41. The number of alkyl halides is 3. The Hall–Kier alpha value is -2.00. The van der Waals surface area contributed by atoms with Gasteiger partial charge in [0.2, 0.25) is 0 Å². The Bertz CT molecular complexity index is 865. The molecule has 3 fully saturated rings. The first-order valence-corrected chi connectivity index (χ1v) is 11.7. The zero-order valence-electron chi connectivity index (χ0n) is 19.7. The van der Waals surface area contributed by atoms with Gasteiger partial charge in [-0.1, -0.05) is 6.07 Å². The molecule has 0 aliphatic carbocycles. The fourth-order valence-corrected chi connectivity index (χ4v) is 5.14. The van der Waals surface area contributed by atoms with E-state index >= 15 is 0 Å². The van der Waals surface area contributed by atoms with Gasteiger partial charge in [-0.05, 0) is 57.9 Å². The summed E-state index contributed by atoms with van der Waals surface area (Å²) in [4.78, 5) is 18.2. The van der Waals surface area contributed by atoms with Gasteiger partial charge < -0.3 is 19.3 Å². The summed E-state index contributed by atoms with van der Waals surface area (Å²) in [5, 5.41) is 0. The molecule has 0 saturated carbocycles. The van der Waals surface area contributed by atoms with Crippen molar-refractivity contribution in [1.29, 1.82) is 0 Å². The van der Waals surface area contributed by atoms with Gasteiger partial charge in [-0.25, -0.2) is 4.79 Å². The zero-order chi connectivity index (χ0) is 23.9. The monoisotopic (exact) mass is 469 g/mol. The highest BCUT2D eigenvalue weighted by atomic mass is 19.4. The van der Waals surface area contributed by atoms with Crippen LogP contribution in [0.4, 0.5) is 23.7 Å². The van der Waals surface area contributed by atoms with Crippen LogP contribution in [0.2, 0.25) is 0 Å². The van der Waals surface area contributed by atoms with Crippen LogP contribution in [0, 0.1) is 5.41 Å². The van der Waals surface area contributed by atoms with Crippen LogP contribution < -0.4 is 4.90 Å². The number of rotatable bonds is 3. The maximum Gasteiger partial charge on any atom is 0.416 e. The number of anilines is 1. The SMILES string of the molecule is CC(C)(C)OC(=O)N1CCC2(CCN(Cc3ccc(N4CCOCC4)cc3C(F)(F)F)C2)C1. The lowest BCUT2D eigenvalue weighted by Crippen LogP contribution is -2.37. The highest BCUT2D eigenvalue weighted by Gasteiger charge is 2.46. The van der Waals surface area contributed by atoms with Gasteiger partial charge in [-0.3, -0.25) is 4.90 Å². The van der Waals surface area contributed by atoms with Crippen molar-refractivity contribution < 1.29 is 27.4 Å². The fourth-order valence-electron chi connectivity index (χ4n) is 5.14.